The third-order valence-electron chi connectivity index (χ3n) is 5.94. The van der Waals surface area contributed by atoms with Gasteiger partial charge in [0.05, 0.1) is 0 Å². The highest BCUT2D eigenvalue weighted by molar-refractivity contribution is 7.15. The fourth-order valence-corrected chi connectivity index (χ4v) is 8.76. The Morgan fingerprint density at radius 2 is 0.750 bits per heavy atom. The summed E-state index contributed by atoms with van der Waals surface area (Å²) in [6.07, 6.45) is 14.0. The first-order valence-corrected chi connectivity index (χ1v) is 14.7. The molecule has 0 nitrogen and oxygen atoms in total. The minimum absolute atomic E-state index is 0.509. The SMILES string of the molecule is CCCC1c2ccc(s2)/C=C/c2ccc(s2)C(CCC)c2ccc(s2)/C=C/c2ccc1s2. The molecular weight excluding hydrogens is 465 g/mol. The Bertz CT molecular complexity index is 1040. The molecule has 1 aliphatic heterocycles. The molecule has 0 aliphatic carbocycles. The lowest BCUT2D eigenvalue weighted by molar-refractivity contribution is 0.718. The Hall–Kier alpha value is -1.72. The van der Waals surface area contributed by atoms with Crippen molar-refractivity contribution in [2.45, 2.75) is 51.4 Å². The van der Waals surface area contributed by atoms with E-state index < -0.39 is 0 Å². The van der Waals surface area contributed by atoms with Gasteiger partial charge < -0.3 is 0 Å². The molecule has 0 aromatic carbocycles. The maximum atomic E-state index is 2.35. The van der Waals surface area contributed by atoms with Crippen LogP contribution >= 0.6 is 45.3 Å². The zero-order chi connectivity index (χ0) is 21.9. The Kier molecular flexibility index (Phi) is 6.94. The van der Waals surface area contributed by atoms with E-state index in [0.29, 0.717) is 11.8 Å². The van der Waals surface area contributed by atoms with Gasteiger partial charge in [-0.15, -0.1) is 45.3 Å². The van der Waals surface area contributed by atoms with E-state index in [-0.39, 0.29) is 0 Å². The summed E-state index contributed by atoms with van der Waals surface area (Å²) < 4.78 is 0. The first-order valence-electron chi connectivity index (χ1n) is 11.5. The molecule has 0 N–H and O–H groups in total. The van der Waals surface area contributed by atoms with E-state index in [1.807, 2.05) is 45.3 Å². The van der Waals surface area contributed by atoms with Crippen molar-refractivity contribution in [3.8, 4) is 0 Å². The van der Waals surface area contributed by atoms with Crippen molar-refractivity contribution in [1.82, 2.24) is 0 Å². The van der Waals surface area contributed by atoms with Gasteiger partial charge in [0.15, 0.2) is 0 Å². The topological polar surface area (TPSA) is 0 Å². The highest BCUT2D eigenvalue weighted by atomic mass is 32.1. The number of hydrogen-bond donors (Lipinski definition) is 0. The van der Waals surface area contributed by atoms with Gasteiger partial charge in [0, 0.05) is 50.9 Å². The summed E-state index contributed by atoms with van der Waals surface area (Å²) >= 11 is 7.80. The van der Waals surface area contributed by atoms with Crippen molar-refractivity contribution in [3.63, 3.8) is 0 Å². The Morgan fingerprint density at radius 1 is 0.469 bits per heavy atom. The van der Waals surface area contributed by atoms with Crippen LogP contribution in [-0.2, 0) is 0 Å². The second kappa shape index (κ2) is 10.0. The summed E-state index contributed by atoms with van der Waals surface area (Å²) in [6, 6.07) is 18.6. The molecular formula is C28H28S4. The summed E-state index contributed by atoms with van der Waals surface area (Å²) in [4.78, 5) is 11.4. The fraction of sp³-hybridized carbons (Fsp3) is 0.286. The van der Waals surface area contributed by atoms with Gasteiger partial charge in [0.2, 0.25) is 0 Å². The molecule has 4 aromatic heterocycles. The normalized spacial score (nSPS) is 19.9. The minimum atomic E-state index is 0.509. The molecule has 0 unspecified atom stereocenters. The molecule has 0 spiro atoms. The van der Waals surface area contributed by atoms with Crippen LogP contribution < -0.4 is 0 Å². The second-order valence-electron chi connectivity index (χ2n) is 8.31. The Labute approximate surface area is 207 Å². The number of rotatable bonds is 4. The zero-order valence-electron chi connectivity index (χ0n) is 18.5. The van der Waals surface area contributed by atoms with Crippen LogP contribution in [0.25, 0.3) is 24.3 Å². The van der Waals surface area contributed by atoms with E-state index in [1.54, 1.807) is 0 Å². The lowest BCUT2D eigenvalue weighted by Crippen LogP contribution is -1.95. The molecule has 0 saturated heterocycles. The lowest BCUT2D eigenvalue weighted by Gasteiger charge is -2.12. The smallest absolute Gasteiger partial charge is 0.0278 e. The summed E-state index contributed by atoms with van der Waals surface area (Å²) in [6.45, 7) is 4.59. The molecule has 0 amide bonds. The average molecular weight is 493 g/mol. The number of fused-ring (bicyclic) bond motifs is 8. The van der Waals surface area contributed by atoms with Crippen LogP contribution in [0.15, 0.2) is 48.5 Å². The van der Waals surface area contributed by atoms with Gasteiger partial charge in [-0.2, -0.15) is 0 Å². The standard InChI is InChI=1S/C28H28S4/c1-3-5-23-25-15-11-19(29-25)7-9-21-13-17-27(31-21)24(6-4-2)28-18-14-22(32-28)10-8-20-12-16-26(23)30-20/h7-18,23-24H,3-6H2,1-2H3/b9-7+,10-8+. The molecule has 4 heteroatoms. The van der Waals surface area contributed by atoms with E-state index in [0.717, 1.165) is 0 Å². The van der Waals surface area contributed by atoms with Crippen molar-refractivity contribution < 1.29 is 0 Å². The summed E-state index contributed by atoms with van der Waals surface area (Å²) in [5.41, 5.74) is 0. The molecule has 0 saturated carbocycles. The van der Waals surface area contributed by atoms with E-state index in [1.165, 1.54) is 64.7 Å². The quantitative estimate of drug-likeness (QED) is 0.266. The van der Waals surface area contributed by atoms with Crippen molar-refractivity contribution in [2.75, 3.05) is 0 Å². The molecule has 164 valence electrons. The first-order chi connectivity index (χ1) is 15.7. The first kappa shape index (κ1) is 22.1. The number of thiophene rings is 4. The Balaban J connectivity index is 1.58. The van der Waals surface area contributed by atoms with Crippen LogP contribution in [0.5, 0.6) is 0 Å². The van der Waals surface area contributed by atoms with E-state index >= 15 is 0 Å². The van der Waals surface area contributed by atoms with Gasteiger partial charge >= 0.3 is 0 Å². The monoisotopic (exact) mass is 492 g/mol. The third-order valence-corrected chi connectivity index (χ3v) is 10.6. The summed E-state index contributed by atoms with van der Waals surface area (Å²) in [7, 11) is 0. The maximum absolute atomic E-state index is 2.35. The molecule has 1 aliphatic rings. The molecule has 0 atom stereocenters. The highest BCUT2D eigenvalue weighted by Gasteiger charge is 2.19. The number of hydrogen-bond acceptors (Lipinski definition) is 4. The summed E-state index contributed by atoms with van der Waals surface area (Å²) in [5, 5.41) is 0. The van der Waals surface area contributed by atoms with Crippen molar-refractivity contribution in [3.05, 3.63) is 87.5 Å². The predicted molar refractivity (Wildman–Crippen MR) is 149 cm³/mol. The zero-order valence-corrected chi connectivity index (χ0v) is 21.8. The van der Waals surface area contributed by atoms with Gasteiger partial charge in [-0.25, -0.2) is 0 Å². The highest BCUT2D eigenvalue weighted by Crippen LogP contribution is 2.40. The van der Waals surface area contributed by atoms with Gasteiger partial charge in [-0.3, -0.25) is 0 Å². The van der Waals surface area contributed by atoms with Crippen LogP contribution in [0.2, 0.25) is 0 Å². The minimum Gasteiger partial charge on any atom is -0.140 e. The molecule has 0 radical (unpaired) electrons. The van der Waals surface area contributed by atoms with Crippen LogP contribution in [-0.4, -0.2) is 0 Å². The predicted octanol–water partition coefficient (Wildman–Crippen LogP) is 10.5. The van der Waals surface area contributed by atoms with Gasteiger partial charge in [-0.1, -0.05) is 26.7 Å². The van der Waals surface area contributed by atoms with Gasteiger partial charge in [0.1, 0.15) is 0 Å². The largest absolute Gasteiger partial charge is 0.140 e. The third kappa shape index (κ3) is 4.79. The van der Waals surface area contributed by atoms with Gasteiger partial charge in [-0.05, 0) is 85.7 Å². The van der Waals surface area contributed by atoms with Crippen LogP contribution in [0.3, 0.4) is 0 Å². The fourth-order valence-electron chi connectivity index (χ4n) is 4.34. The lowest BCUT2D eigenvalue weighted by atomic mass is 10.00. The Morgan fingerprint density at radius 3 is 1.00 bits per heavy atom. The van der Waals surface area contributed by atoms with Crippen molar-refractivity contribution in [2.24, 2.45) is 0 Å². The summed E-state index contributed by atoms with van der Waals surface area (Å²) in [5.74, 6) is 1.02. The molecule has 5 heterocycles. The van der Waals surface area contributed by atoms with Crippen LogP contribution in [0.1, 0.15) is 90.4 Å². The van der Waals surface area contributed by atoms with E-state index in [9.17, 15) is 0 Å². The average Bonchev–Trinajstić information content (AvgIpc) is 3.59. The van der Waals surface area contributed by atoms with E-state index in [2.05, 4.69) is 86.7 Å². The molecule has 8 bridgehead atoms. The molecule has 0 fully saturated rings. The second-order valence-corrected chi connectivity index (χ2v) is 12.9. The molecule has 5 rings (SSSR count). The molecule has 32 heavy (non-hydrogen) atoms. The van der Waals surface area contributed by atoms with Crippen molar-refractivity contribution in [1.29, 1.82) is 0 Å². The van der Waals surface area contributed by atoms with Crippen LogP contribution in [0.4, 0.5) is 0 Å². The maximum Gasteiger partial charge on any atom is 0.0278 e. The molecule has 4 aromatic rings. The van der Waals surface area contributed by atoms with Gasteiger partial charge in [0.25, 0.3) is 0 Å². The van der Waals surface area contributed by atoms with Crippen LogP contribution in [0, 0.1) is 0 Å². The van der Waals surface area contributed by atoms with Crippen molar-refractivity contribution >= 4 is 69.7 Å². The van der Waals surface area contributed by atoms with E-state index in [4.69, 9.17) is 0 Å².